The number of carbonyl (C=O) groups is 1. The van der Waals surface area contributed by atoms with Gasteiger partial charge in [-0.05, 0) is 43.7 Å². The molecule has 0 spiro atoms. The Balaban J connectivity index is 0.00000512. The average Bonchev–Trinajstić information content (AvgIpc) is 2.81. The summed E-state index contributed by atoms with van der Waals surface area (Å²) in [4.78, 5) is 18.5. The number of nitrogens with zero attached hydrogens (tertiary/aromatic N) is 2. The molecule has 0 aliphatic heterocycles. The van der Waals surface area contributed by atoms with Crippen LogP contribution in [0.5, 0.6) is 5.75 Å². The highest BCUT2D eigenvalue weighted by Gasteiger charge is 2.12. The van der Waals surface area contributed by atoms with Crippen LogP contribution >= 0.6 is 24.0 Å². The van der Waals surface area contributed by atoms with Crippen LogP contribution in [0.1, 0.15) is 36.2 Å². The Hall–Kier alpha value is -2.33. The van der Waals surface area contributed by atoms with Crippen molar-refractivity contribution in [3.63, 3.8) is 0 Å². The molecule has 0 heterocycles. The van der Waals surface area contributed by atoms with Crippen LogP contribution in [0.4, 0.5) is 5.69 Å². The molecule has 32 heavy (non-hydrogen) atoms. The lowest BCUT2D eigenvalue weighted by molar-refractivity contribution is 0.0773. The first-order valence-electron chi connectivity index (χ1n) is 10.7. The number of nitrogens with one attached hydrogen (secondary N) is 2. The summed E-state index contributed by atoms with van der Waals surface area (Å²) in [5.74, 6) is 1.51. The maximum Gasteiger partial charge on any atom is 0.253 e. The Kier molecular flexibility index (Phi) is 13.4. The van der Waals surface area contributed by atoms with Crippen molar-refractivity contribution in [3.05, 3.63) is 59.7 Å². The molecular formula is C24H35IN4O3. The van der Waals surface area contributed by atoms with Gasteiger partial charge in [-0.3, -0.25) is 9.79 Å². The van der Waals surface area contributed by atoms with E-state index in [9.17, 15) is 4.79 Å². The summed E-state index contributed by atoms with van der Waals surface area (Å²) in [6.45, 7) is 7.27. The minimum Gasteiger partial charge on any atom is -0.493 e. The summed E-state index contributed by atoms with van der Waals surface area (Å²) in [5, 5.41) is 6.57. The number of ether oxygens (including phenoxy) is 2. The van der Waals surface area contributed by atoms with E-state index in [0.29, 0.717) is 44.4 Å². The van der Waals surface area contributed by atoms with E-state index in [2.05, 4.69) is 15.6 Å². The van der Waals surface area contributed by atoms with Gasteiger partial charge in [-0.1, -0.05) is 18.2 Å². The van der Waals surface area contributed by atoms with Crippen molar-refractivity contribution < 1.29 is 14.3 Å². The smallest absolute Gasteiger partial charge is 0.253 e. The van der Waals surface area contributed by atoms with Gasteiger partial charge in [-0.25, -0.2) is 0 Å². The molecule has 0 radical (unpaired) electrons. The highest BCUT2D eigenvalue weighted by molar-refractivity contribution is 14.0. The number of amides is 1. The molecule has 0 atom stereocenters. The van der Waals surface area contributed by atoms with Crippen LogP contribution in [0.2, 0.25) is 0 Å². The van der Waals surface area contributed by atoms with E-state index in [-0.39, 0.29) is 29.9 Å². The summed E-state index contributed by atoms with van der Waals surface area (Å²) >= 11 is 0. The molecule has 7 nitrogen and oxygen atoms in total. The standard InChI is InChI=1S/C24H34N4O3.HI/c1-5-28(6-2)23(29)20-13-11-19(12-14-20)18-26-24(25-3)27-21-9-7-10-22(17-21)31-16-8-15-30-4;/h7,9-14,17H,5-6,8,15-16,18H2,1-4H3,(H2,25,26,27);1H. The molecule has 2 aromatic carbocycles. The predicted octanol–water partition coefficient (Wildman–Crippen LogP) is 4.39. The maximum absolute atomic E-state index is 12.4. The lowest BCUT2D eigenvalue weighted by atomic mass is 10.1. The lowest BCUT2D eigenvalue weighted by Crippen LogP contribution is -2.31. The van der Waals surface area contributed by atoms with Crippen LogP contribution in [0, 0.1) is 0 Å². The second kappa shape index (κ2) is 15.5. The molecule has 2 rings (SSSR count). The summed E-state index contributed by atoms with van der Waals surface area (Å²) in [6, 6.07) is 15.4. The Morgan fingerprint density at radius 1 is 1.06 bits per heavy atom. The van der Waals surface area contributed by atoms with Crippen molar-refractivity contribution in [1.29, 1.82) is 0 Å². The largest absolute Gasteiger partial charge is 0.493 e. The molecule has 0 saturated carbocycles. The van der Waals surface area contributed by atoms with Gasteiger partial charge in [0, 0.05) is 64.1 Å². The summed E-state index contributed by atoms with van der Waals surface area (Å²) in [5.41, 5.74) is 2.66. The van der Waals surface area contributed by atoms with Gasteiger partial charge in [0.25, 0.3) is 5.91 Å². The molecular weight excluding hydrogens is 519 g/mol. The topological polar surface area (TPSA) is 75.2 Å². The molecule has 0 saturated heterocycles. The second-order valence-electron chi connectivity index (χ2n) is 6.95. The second-order valence-corrected chi connectivity index (χ2v) is 6.95. The van der Waals surface area contributed by atoms with Gasteiger partial charge in [0.1, 0.15) is 5.75 Å². The number of anilines is 1. The SMILES string of the molecule is CCN(CC)C(=O)c1ccc(CNC(=NC)Nc2cccc(OCCCOC)c2)cc1.I. The number of carbonyl (C=O) groups excluding carboxylic acids is 1. The lowest BCUT2D eigenvalue weighted by Gasteiger charge is -2.18. The van der Waals surface area contributed by atoms with E-state index in [1.54, 1.807) is 14.2 Å². The molecule has 8 heteroatoms. The number of hydrogen-bond acceptors (Lipinski definition) is 4. The van der Waals surface area contributed by atoms with Crippen molar-refractivity contribution in [2.45, 2.75) is 26.8 Å². The Bertz CT molecular complexity index is 839. The van der Waals surface area contributed by atoms with Crippen molar-refractivity contribution >= 4 is 41.5 Å². The first-order chi connectivity index (χ1) is 15.1. The van der Waals surface area contributed by atoms with Gasteiger partial charge in [0.15, 0.2) is 5.96 Å². The number of aliphatic imine (C=N–C) groups is 1. The predicted molar refractivity (Wildman–Crippen MR) is 141 cm³/mol. The molecule has 0 aromatic heterocycles. The zero-order chi connectivity index (χ0) is 22.5. The van der Waals surface area contributed by atoms with Gasteiger partial charge in [0.2, 0.25) is 0 Å². The minimum absolute atomic E-state index is 0. The van der Waals surface area contributed by atoms with Crippen LogP contribution in [0.15, 0.2) is 53.5 Å². The Labute approximate surface area is 208 Å². The van der Waals surface area contributed by atoms with Gasteiger partial charge in [-0.15, -0.1) is 24.0 Å². The molecule has 1 amide bonds. The number of guanidine groups is 1. The van der Waals surface area contributed by atoms with Crippen LogP contribution in [-0.4, -0.2) is 57.2 Å². The van der Waals surface area contributed by atoms with Crippen LogP contribution in [0.25, 0.3) is 0 Å². The first-order valence-corrected chi connectivity index (χ1v) is 10.7. The Morgan fingerprint density at radius 2 is 1.78 bits per heavy atom. The summed E-state index contributed by atoms with van der Waals surface area (Å²) in [6.07, 6.45) is 0.844. The number of hydrogen-bond donors (Lipinski definition) is 2. The van der Waals surface area contributed by atoms with E-state index >= 15 is 0 Å². The normalized spacial score (nSPS) is 10.8. The van der Waals surface area contributed by atoms with Crippen LogP contribution < -0.4 is 15.4 Å². The van der Waals surface area contributed by atoms with Gasteiger partial charge < -0.3 is 25.0 Å². The molecule has 176 valence electrons. The fourth-order valence-electron chi connectivity index (χ4n) is 3.02. The summed E-state index contributed by atoms with van der Waals surface area (Å²) in [7, 11) is 3.41. The minimum atomic E-state index is 0. The highest BCUT2D eigenvalue weighted by atomic mass is 127. The molecule has 0 aliphatic rings. The third-order valence-corrected chi connectivity index (χ3v) is 4.79. The van der Waals surface area contributed by atoms with E-state index in [1.807, 2.05) is 67.3 Å². The number of benzene rings is 2. The summed E-state index contributed by atoms with van der Waals surface area (Å²) < 4.78 is 10.8. The third kappa shape index (κ3) is 9.04. The van der Waals surface area contributed by atoms with Crippen molar-refractivity contribution in [3.8, 4) is 5.75 Å². The fraction of sp³-hybridized carbons (Fsp3) is 0.417. The maximum atomic E-state index is 12.4. The number of methoxy groups -OCH3 is 1. The average molecular weight is 554 g/mol. The highest BCUT2D eigenvalue weighted by Crippen LogP contribution is 2.17. The number of halogens is 1. The van der Waals surface area contributed by atoms with Crippen LogP contribution in [-0.2, 0) is 11.3 Å². The van der Waals surface area contributed by atoms with Crippen LogP contribution in [0.3, 0.4) is 0 Å². The van der Waals surface area contributed by atoms with E-state index in [1.165, 1.54) is 0 Å². The molecule has 2 aromatic rings. The molecule has 2 N–H and O–H groups in total. The van der Waals surface area contributed by atoms with E-state index < -0.39 is 0 Å². The van der Waals surface area contributed by atoms with Crippen molar-refractivity contribution in [2.24, 2.45) is 4.99 Å². The first kappa shape index (κ1) is 27.7. The molecule has 0 aliphatic carbocycles. The fourth-order valence-corrected chi connectivity index (χ4v) is 3.02. The molecule has 0 bridgehead atoms. The molecule has 0 unspecified atom stereocenters. The zero-order valence-corrected chi connectivity index (χ0v) is 21.7. The van der Waals surface area contributed by atoms with E-state index in [0.717, 1.165) is 23.4 Å². The van der Waals surface area contributed by atoms with E-state index in [4.69, 9.17) is 9.47 Å². The Morgan fingerprint density at radius 3 is 2.41 bits per heavy atom. The third-order valence-electron chi connectivity index (χ3n) is 4.79. The molecule has 0 fully saturated rings. The van der Waals surface area contributed by atoms with Crippen molar-refractivity contribution in [1.82, 2.24) is 10.2 Å². The van der Waals surface area contributed by atoms with Gasteiger partial charge >= 0.3 is 0 Å². The van der Waals surface area contributed by atoms with Gasteiger partial charge in [0.05, 0.1) is 6.61 Å². The van der Waals surface area contributed by atoms with Crippen molar-refractivity contribution in [2.75, 3.05) is 45.8 Å². The zero-order valence-electron chi connectivity index (χ0n) is 19.4. The quantitative estimate of drug-likeness (QED) is 0.187. The monoisotopic (exact) mass is 554 g/mol. The van der Waals surface area contributed by atoms with Gasteiger partial charge in [-0.2, -0.15) is 0 Å². The number of rotatable bonds is 11.